The lowest BCUT2D eigenvalue weighted by molar-refractivity contribution is 0.569. The summed E-state index contributed by atoms with van der Waals surface area (Å²) in [5.41, 5.74) is 5.45. The fraction of sp³-hybridized carbons (Fsp3) is 1.00. The third-order valence-electron chi connectivity index (χ3n) is 1.13. The van der Waals surface area contributed by atoms with Crippen molar-refractivity contribution in [1.82, 2.24) is 4.72 Å². The van der Waals surface area contributed by atoms with Crippen molar-refractivity contribution in [2.75, 3.05) is 12.8 Å². The fourth-order valence-electron chi connectivity index (χ4n) is 0.403. The summed E-state index contributed by atoms with van der Waals surface area (Å²) < 4.78 is 23.3. The van der Waals surface area contributed by atoms with Crippen molar-refractivity contribution in [3.05, 3.63) is 0 Å². The van der Waals surface area contributed by atoms with Crippen LogP contribution < -0.4 is 10.5 Å². The van der Waals surface area contributed by atoms with Crippen molar-refractivity contribution in [1.29, 1.82) is 0 Å². The van der Waals surface area contributed by atoms with E-state index in [-0.39, 0.29) is 6.04 Å². The maximum Gasteiger partial charge on any atom is 0.208 e. The van der Waals surface area contributed by atoms with E-state index in [9.17, 15) is 8.42 Å². The van der Waals surface area contributed by atoms with Crippen molar-refractivity contribution in [2.45, 2.75) is 19.4 Å². The van der Waals surface area contributed by atoms with Crippen molar-refractivity contribution < 1.29 is 8.42 Å². The number of nitrogens with one attached hydrogen (secondary N) is 1. The van der Waals surface area contributed by atoms with Gasteiger partial charge in [0.1, 0.15) is 0 Å². The van der Waals surface area contributed by atoms with E-state index in [4.69, 9.17) is 5.73 Å². The molecule has 0 spiro atoms. The highest BCUT2D eigenvalue weighted by molar-refractivity contribution is 7.88. The quantitative estimate of drug-likeness (QED) is 0.578. The molecule has 0 aliphatic rings. The van der Waals surface area contributed by atoms with Gasteiger partial charge in [0, 0.05) is 12.6 Å². The average Bonchev–Trinajstić information content (AvgIpc) is 1.81. The molecule has 0 aliphatic heterocycles. The predicted octanol–water partition coefficient (Wildman–Crippen LogP) is -0.727. The molecule has 0 amide bonds. The highest BCUT2D eigenvalue weighted by Crippen LogP contribution is 1.83. The Balaban J connectivity index is 3.56. The van der Waals surface area contributed by atoms with E-state index in [1.807, 2.05) is 6.92 Å². The zero-order valence-corrected chi connectivity index (χ0v) is 7.11. The third kappa shape index (κ3) is 6.00. The minimum absolute atomic E-state index is 0.0743. The Bertz CT molecular complexity index is 176. The van der Waals surface area contributed by atoms with Gasteiger partial charge in [-0.05, 0) is 6.42 Å². The minimum atomic E-state index is -3.06. The number of nitrogens with two attached hydrogens (primary N) is 1. The van der Waals surface area contributed by atoms with Gasteiger partial charge in [-0.25, -0.2) is 13.1 Å². The number of rotatable bonds is 4. The summed E-state index contributed by atoms with van der Waals surface area (Å²) in [4.78, 5) is 0. The zero-order chi connectivity index (χ0) is 8.20. The Hall–Kier alpha value is -0.130. The summed E-state index contributed by atoms with van der Waals surface area (Å²) in [5, 5.41) is 0. The van der Waals surface area contributed by atoms with Crippen LogP contribution in [0.15, 0.2) is 0 Å². The second kappa shape index (κ2) is 3.90. The van der Waals surface area contributed by atoms with Crippen molar-refractivity contribution in [3.8, 4) is 0 Å². The molecule has 5 heteroatoms. The Morgan fingerprint density at radius 3 is 2.40 bits per heavy atom. The molecule has 0 rings (SSSR count). The lowest BCUT2D eigenvalue weighted by atomic mass is 10.2. The van der Waals surface area contributed by atoms with E-state index in [1.54, 1.807) is 0 Å². The van der Waals surface area contributed by atoms with Crippen LogP contribution in [-0.4, -0.2) is 27.3 Å². The van der Waals surface area contributed by atoms with Crippen LogP contribution in [0.3, 0.4) is 0 Å². The molecule has 0 heterocycles. The van der Waals surface area contributed by atoms with Gasteiger partial charge in [0.05, 0.1) is 6.26 Å². The number of sulfonamides is 1. The van der Waals surface area contributed by atoms with Gasteiger partial charge in [-0.2, -0.15) is 0 Å². The van der Waals surface area contributed by atoms with Gasteiger partial charge >= 0.3 is 0 Å². The molecule has 3 N–H and O–H groups in total. The molecule has 0 aromatic rings. The molecule has 0 aliphatic carbocycles. The summed E-state index contributed by atoms with van der Waals surface area (Å²) >= 11 is 0. The second-order valence-electron chi connectivity index (χ2n) is 2.29. The van der Waals surface area contributed by atoms with Gasteiger partial charge in [-0.1, -0.05) is 6.92 Å². The monoisotopic (exact) mass is 166 g/mol. The lowest BCUT2D eigenvalue weighted by Gasteiger charge is -2.07. The first-order valence-corrected chi connectivity index (χ1v) is 5.05. The van der Waals surface area contributed by atoms with Crippen LogP contribution in [0.4, 0.5) is 0 Å². The van der Waals surface area contributed by atoms with Crippen molar-refractivity contribution >= 4 is 10.0 Å². The molecule has 0 bridgehead atoms. The average molecular weight is 166 g/mol. The second-order valence-corrected chi connectivity index (χ2v) is 4.12. The summed E-state index contributed by atoms with van der Waals surface area (Å²) in [7, 11) is -3.06. The van der Waals surface area contributed by atoms with E-state index >= 15 is 0 Å². The van der Waals surface area contributed by atoms with Gasteiger partial charge in [0.15, 0.2) is 0 Å². The van der Waals surface area contributed by atoms with Crippen molar-refractivity contribution in [3.63, 3.8) is 0 Å². The molecule has 0 saturated carbocycles. The minimum Gasteiger partial charge on any atom is -0.327 e. The Morgan fingerprint density at radius 2 is 2.10 bits per heavy atom. The Kier molecular flexibility index (Phi) is 3.85. The molecular weight excluding hydrogens is 152 g/mol. The molecular formula is C5H14N2O2S. The third-order valence-corrected chi connectivity index (χ3v) is 1.82. The van der Waals surface area contributed by atoms with Gasteiger partial charge < -0.3 is 5.73 Å². The molecule has 0 aromatic heterocycles. The maximum absolute atomic E-state index is 10.5. The summed E-state index contributed by atoms with van der Waals surface area (Å²) in [5.74, 6) is 0. The van der Waals surface area contributed by atoms with Crippen molar-refractivity contribution in [2.24, 2.45) is 5.73 Å². The Labute approximate surface area is 61.8 Å². The first-order valence-electron chi connectivity index (χ1n) is 3.16. The highest BCUT2D eigenvalue weighted by Gasteiger charge is 2.03. The summed E-state index contributed by atoms with van der Waals surface area (Å²) in [6.45, 7) is 2.24. The first kappa shape index (κ1) is 9.87. The maximum atomic E-state index is 10.5. The summed E-state index contributed by atoms with van der Waals surface area (Å²) in [6.07, 6.45) is 1.90. The molecule has 0 saturated heterocycles. The van der Waals surface area contributed by atoms with Crippen LogP contribution in [-0.2, 0) is 10.0 Å². The van der Waals surface area contributed by atoms with E-state index in [2.05, 4.69) is 4.72 Å². The smallest absolute Gasteiger partial charge is 0.208 e. The van der Waals surface area contributed by atoms with E-state index < -0.39 is 10.0 Å². The van der Waals surface area contributed by atoms with Crippen LogP contribution in [0.1, 0.15) is 13.3 Å². The number of hydrogen-bond acceptors (Lipinski definition) is 3. The topological polar surface area (TPSA) is 72.2 Å². The Morgan fingerprint density at radius 1 is 1.60 bits per heavy atom. The molecule has 62 valence electrons. The first-order chi connectivity index (χ1) is 4.45. The molecule has 10 heavy (non-hydrogen) atoms. The predicted molar refractivity (Wildman–Crippen MR) is 41.1 cm³/mol. The fourth-order valence-corrected chi connectivity index (χ4v) is 0.920. The van der Waals surface area contributed by atoms with Gasteiger partial charge in [-0.3, -0.25) is 0 Å². The SMILES string of the molecule is CC[C@H](N)CNS(C)(=O)=O. The van der Waals surface area contributed by atoms with E-state index in [1.165, 1.54) is 0 Å². The lowest BCUT2D eigenvalue weighted by Crippen LogP contribution is -2.36. The molecule has 1 atom stereocenters. The van der Waals surface area contributed by atoms with Crippen LogP contribution >= 0.6 is 0 Å². The molecule has 0 unspecified atom stereocenters. The normalized spacial score (nSPS) is 15.1. The standard InChI is InChI=1S/C5H14N2O2S/c1-3-5(6)4-7-10(2,8)9/h5,7H,3-4,6H2,1-2H3/t5-/m0/s1. The van der Waals surface area contributed by atoms with Crippen LogP contribution in [0.5, 0.6) is 0 Å². The van der Waals surface area contributed by atoms with Crippen LogP contribution in [0.25, 0.3) is 0 Å². The van der Waals surface area contributed by atoms with E-state index in [0.717, 1.165) is 12.7 Å². The number of hydrogen-bond donors (Lipinski definition) is 2. The molecule has 0 radical (unpaired) electrons. The summed E-state index contributed by atoms with van der Waals surface area (Å²) in [6, 6.07) is -0.0743. The molecule has 0 fully saturated rings. The van der Waals surface area contributed by atoms with Gasteiger partial charge in [-0.15, -0.1) is 0 Å². The largest absolute Gasteiger partial charge is 0.327 e. The van der Waals surface area contributed by atoms with Crippen LogP contribution in [0, 0.1) is 0 Å². The molecule has 0 aromatic carbocycles. The van der Waals surface area contributed by atoms with E-state index in [0.29, 0.717) is 6.54 Å². The zero-order valence-electron chi connectivity index (χ0n) is 6.29. The highest BCUT2D eigenvalue weighted by atomic mass is 32.2. The van der Waals surface area contributed by atoms with Gasteiger partial charge in [0.2, 0.25) is 10.0 Å². The molecule has 4 nitrogen and oxygen atoms in total. The van der Waals surface area contributed by atoms with Gasteiger partial charge in [0.25, 0.3) is 0 Å². The van der Waals surface area contributed by atoms with Crippen LogP contribution in [0.2, 0.25) is 0 Å².